The van der Waals surface area contributed by atoms with Gasteiger partial charge in [-0.1, -0.05) is 19.8 Å². The van der Waals surface area contributed by atoms with E-state index in [-0.39, 0.29) is 30.5 Å². The van der Waals surface area contributed by atoms with Gasteiger partial charge in [0, 0.05) is 18.0 Å². The molecule has 0 amide bonds. The van der Waals surface area contributed by atoms with Gasteiger partial charge in [0.25, 0.3) is 0 Å². The summed E-state index contributed by atoms with van der Waals surface area (Å²) in [5, 5.41) is 28.9. The number of rotatable bonds is 12. The van der Waals surface area contributed by atoms with Crippen LogP contribution in [-0.2, 0) is 9.63 Å². The Balaban J connectivity index is 1.69. The molecular weight excluding hydrogens is 310 g/mol. The van der Waals surface area contributed by atoms with Crippen LogP contribution >= 0.6 is 0 Å². The van der Waals surface area contributed by atoms with Gasteiger partial charge < -0.3 is 15.3 Å². The van der Waals surface area contributed by atoms with Crippen molar-refractivity contribution in [1.82, 2.24) is 5.48 Å². The van der Waals surface area contributed by atoms with Crippen molar-refractivity contribution in [2.45, 2.75) is 76.9 Å². The van der Waals surface area contributed by atoms with Crippen LogP contribution in [0.4, 0.5) is 0 Å². The van der Waals surface area contributed by atoms with Crippen molar-refractivity contribution in [3.05, 3.63) is 11.3 Å². The summed E-state index contributed by atoms with van der Waals surface area (Å²) in [7, 11) is 0. The highest BCUT2D eigenvalue weighted by Gasteiger charge is 2.45. The van der Waals surface area contributed by atoms with E-state index in [4.69, 9.17) is 9.94 Å². The van der Waals surface area contributed by atoms with E-state index in [1.165, 1.54) is 5.57 Å². The lowest BCUT2D eigenvalue weighted by atomic mass is 9.83. The van der Waals surface area contributed by atoms with Gasteiger partial charge in [-0.3, -0.25) is 15.1 Å². The molecule has 1 saturated carbocycles. The molecule has 4 N–H and O–H groups in total. The molecule has 0 spiro atoms. The summed E-state index contributed by atoms with van der Waals surface area (Å²) in [4.78, 5) is 15.7. The molecule has 6 nitrogen and oxygen atoms in total. The molecule has 0 bridgehead atoms. The smallest absolute Gasteiger partial charge is 0.303 e. The Morgan fingerprint density at radius 1 is 1.33 bits per heavy atom. The summed E-state index contributed by atoms with van der Waals surface area (Å²) in [5.41, 5.74) is 5.21. The molecule has 4 unspecified atom stereocenters. The Morgan fingerprint density at radius 2 is 2.12 bits per heavy atom. The SMILES string of the molecule is CCCCC(O)CCC1CC2=C(NOCCCC(=O)O)CC2C1O. The molecule has 24 heavy (non-hydrogen) atoms. The van der Waals surface area contributed by atoms with Crippen molar-refractivity contribution >= 4 is 5.97 Å². The fourth-order valence-corrected chi connectivity index (χ4v) is 3.70. The maximum atomic E-state index is 10.4. The zero-order chi connectivity index (χ0) is 17.5. The number of hydrogen-bond acceptors (Lipinski definition) is 5. The van der Waals surface area contributed by atoms with E-state index >= 15 is 0 Å². The molecule has 138 valence electrons. The van der Waals surface area contributed by atoms with E-state index in [0.717, 1.165) is 50.6 Å². The number of carbonyl (C=O) groups is 1. The molecule has 2 rings (SSSR count). The van der Waals surface area contributed by atoms with Gasteiger partial charge in [0.05, 0.1) is 18.8 Å². The third-order valence-electron chi connectivity index (χ3n) is 5.23. The Bertz CT molecular complexity index is 451. The topological polar surface area (TPSA) is 99.0 Å². The minimum atomic E-state index is -0.813. The number of carboxylic acids is 1. The van der Waals surface area contributed by atoms with Crippen LogP contribution in [0.25, 0.3) is 0 Å². The Kier molecular flexibility index (Phi) is 7.52. The number of aliphatic carboxylic acids is 1. The summed E-state index contributed by atoms with van der Waals surface area (Å²) in [6.45, 7) is 2.49. The first-order valence-corrected chi connectivity index (χ1v) is 9.20. The van der Waals surface area contributed by atoms with Crippen LogP contribution in [0.3, 0.4) is 0 Å². The molecule has 0 aromatic rings. The van der Waals surface area contributed by atoms with Gasteiger partial charge in [0.1, 0.15) is 0 Å². The van der Waals surface area contributed by atoms with Crippen LogP contribution in [0.2, 0.25) is 0 Å². The molecule has 0 heterocycles. The zero-order valence-corrected chi connectivity index (χ0v) is 14.5. The normalized spacial score (nSPS) is 26.9. The lowest BCUT2D eigenvalue weighted by Gasteiger charge is -2.30. The molecule has 0 saturated heterocycles. The van der Waals surface area contributed by atoms with Gasteiger partial charge in [0.15, 0.2) is 0 Å². The number of nitrogens with one attached hydrogen (secondary N) is 1. The van der Waals surface area contributed by atoms with Crippen molar-refractivity contribution in [3.63, 3.8) is 0 Å². The summed E-state index contributed by atoms with van der Waals surface area (Å²) < 4.78 is 0. The van der Waals surface area contributed by atoms with E-state index in [0.29, 0.717) is 13.0 Å². The predicted octanol–water partition coefficient (Wildman–Crippen LogP) is 2.36. The second-order valence-corrected chi connectivity index (χ2v) is 7.09. The summed E-state index contributed by atoms with van der Waals surface area (Å²) in [5.74, 6) is -0.354. The van der Waals surface area contributed by atoms with Crippen molar-refractivity contribution in [2.24, 2.45) is 11.8 Å². The van der Waals surface area contributed by atoms with Gasteiger partial charge in [-0.25, -0.2) is 0 Å². The largest absolute Gasteiger partial charge is 0.481 e. The molecule has 2 aliphatic carbocycles. The van der Waals surface area contributed by atoms with E-state index in [9.17, 15) is 15.0 Å². The fraction of sp³-hybridized carbons (Fsp3) is 0.833. The van der Waals surface area contributed by atoms with Crippen LogP contribution in [0.15, 0.2) is 11.3 Å². The van der Waals surface area contributed by atoms with Crippen LogP contribution in [-0.4, -0.2) is 40.1 Å². The molecule has 4 atom stereocenters. The summed E-state index contributed by atoms with van der Waals surface area (Å²) >= 11 is 0. The average Bonchev–Trinajstić information content (AvgIpc) is 2.77. The van der Waals surface area contributed by atoms with Crippen molar-refractivity contribution in [3.8, 4) is 0 Å². The molecule has 0 aliphatic heterocycles. The number of aliphatic hydroxyl groups excluding tert-OH is 2. The van der Waals surface area contributed by atoms with E-state index in [1.54, 1.807) is 0 Å². The lowest BCUT2D eigenvalue weighted by molar-refractivity contribution is -0.137. The highest BCUT2D eigenvalue weighted by molar-refractivity contribution is 5.66. The number of allylic oxidation sites excluding steroid dienone is 1. The number of carboxylic acid groups (broad SMARTS) is 1. The molecule has 2 aliphatic rings. The van der Waals surface area contributed by atoms with Gasteiger partial charge in [-0.2, -0.15) is 0 Å². The lowest BCUT2D eigenvalue weighted by Crippen LogP contribution is -2.32. The Morgan fingerprint density at radius 3 is 2.83 bits per heavy atom. The first kappa shape index (κ1) is 19.2. The number of fused-ring (bicyclic) bond motifs is 1. The number of hydrogen-bond donors (Lipinski definition) is 4. The standard InChI is InChI=1S/C18H31NO5/c1-2-3-5-13(20)8-7-12-10-14-15(18(12)23)11-16(14)19-24-9-4-6-17(21)22/h12-13,15,18-20,23H,2-11H2,1H3,(H,21,22). The molecular formula is C18H31NO5. The van der Waals surface area contributed by atoms with Gasteiger partial charge in [0.2, 0.25) is 0 Å². The van der Waals surface area contributed by atoms with Crippen molar-refractivity contribution in [1.29, 1.82) is 0 Å². The Labute approximate surface area is 143 Å². The molecule has 0 radical (unpaired) electrons. The maximum absolute atomic E-state index is 10.4. The van der Waals surface area contributed by atoms with Crippen LogP contribution in [0.1, 0.15) is 64.7 Å². The average molecular weight is 341 g/mol. The fourth-order valence-electron chi connectivity index (χ4n) is 3.70. The zero-order valence-electron chi connectivity index (χ0n) is 14.5. The molecule has 1 fully saturated rings. The quantitative estimate of drug-likeness (QED) is 0.321. The molecule has 6 heteroatoms. The first-order valence-electron chi connectivity index (χ1n) is 9.20. The number of unbranched alkanes of at least 4 members (excludes halogenated alkanes) is 1. The van der Waals surface area contributed by atoms with E-state index in [1.807, 2.05) is 0 Å². The second-order valence-electron chi connectivity index (χ2n) is 7.09. The predicted molar refractivity (Wildman–Crippen MR) is 90.0 cm³/mol. The highest BCUT2D eigenvalue weighted by atomic mass is 16.6. The highest BCUT2D eigenvalue weighted by Crippen LogP contribution is 2.49. The third-order valence-corrected chi connectivity index (χ3v) is 5.23. The molecule has 0 aromatic carbocycles. The van der Waals surface area contributed by atoms with Gasteiger partial charge in [-0.15, -0.1) is 0 Å². The van der Waals surface area contributed by atoms with Crippen LogP contribution in [0.5, 0.6) is 0 Å². The van der Waals surface area contributed by atoms with Crippen molar-refractivity contribution in [2.75, 3.05) is 6.61 Å². The van der Waals surface area contributed by atoms with Gasteiger partial charge in [-0.05, 0) is 50.0 Å². The third kappa shape index (κ3) is 5.19. The van der Waals surface area contributed by atoms with Gasteiger partial charge >= 0.3 is 5.97 Å². The first-order chi connectivity index (χ1) is 11.5. The second kappa shape index (κ2) is 9.39. The minimum Gasteiger partial charge on any atom is -0.481 e. The summed E-state index contributed by atoms with van der Waals surface area (Å²) in [6, 6.07) is 0. The number of hydroxylamine groups is 1. The number of aliphatic hydroxyl groups is 2. The maximum Gasteiger partial charge on any atom is 0.303 e. The van der Waals surface area contributed by atoms with E-state index < -0.39 is 5.97 Å². The van der Waals surface area contributed by atoms with Crippen LogP contribution < -0.4 is 5.48 Å². The molecule has 0 aromatic heterocycles. The Hall–Kier alpha value is -1.11. The van der Waals surface area contributed by atoms with Crippen molar-refractivity contribution < 1.29 is 25.0 Å². The summed E-state index contributed by atoms with van der Waals surface area (Å²) in [6.07, 6.45) is 6.31. The minimum absolute atomic E-state index is 0.108. The van der Waals surface area contributed by atoms with Crippen LogP contribution in [0, 0.1) is 11.8 Å². The monoisotopic (exact) mass is 341 g/mol. The van der Waals surface area contributed by atoms with E-state index in [2.05, 4.69) is 12.4 Å².